The minimum Gasteiger partial charge on any atom is -0.497 e. The minimum atomic E-state index is 0.382. The van der Waals surface area contributed by atoms with Crippen LogP contribution in [0.15, 0.2) is 18.2 Å². The molecular formula is C15H16N2O. The van der Waals surface area contributed by atoms with Gasteiger partial charge in [-0.2, -0.15) is 5.26 Å². The van der Waals surface area contributed by atoms with Gasteiger partial charge in [-0.1, -0.05) is 13.8 Å². The Hall–Kier alpha value is -2.08. The third-order valence-corrected chi connectivity index (χ3v) is 3.03. The summed E-state index contributed by atoms with van der Waals surface area (Å²) in [4.78, 5) is 4.49. The topological polar surface area (TPSA) is 45.9 Å². The van der Waals surface area contributed by atoms with E-state index in [9.17, 15) is 5.26 Å². The van der Waals surface area contributed by atoms with Gasteiger partial charge in [0, 0.05) is 17.1 Å². The van der Waals surface area contributed by atoms with E-state index in [1.54, 1.807) is 13.2 Å². The van der Waals surface area contributed by atoms with Crippen LogP contribution >= 0.6 is 0 Å². The Kier molecular flexibility index (Phi) is 3.20. The molecule has 0 aliphatic carbocycles. The molecule has 0 fully saturated rings. The number of nitriles is 1. The molecule has 1 aromatic heterocycles. The molecule has 1 heterocycles. The second-order valence-electron chi connectivity index (χ2n) is 4.69. The highest BCUT2D eigenvalue weighted by molar-refractivity contribution is 5.89. The molecule has 2 aromatic rings. The molecule has 18 heavy (non-hydrogen) atoms. The van der Waals surface area contributed by atoms with E-state index in [1.165, 1.54) is 5.56 Å². The third kappa shape index (κ3) is 2.02. The van der Waals surface area contributed by atoms with Crippen molar-refractivity contribution in [2.75, 3.05) is 7.11 Å². The zero-order valence-corrected chi connectivity index (χ0v) is 11.1. The summed E-state index contributed by atoms with van der Waals surface area (Å²) in [5.74, 6) is 1.08. The average molecular weight is 240 g/mol. The van der Waals surface area contributed by atoms with Crippen LogP contribution in [0.1, 0.15) is 36.6 Å². The molecule has 0 amide bonds. The zero-order valence-electron chi connectivity index (χ0n) is 11.1. The maximum Gasteiger partial charge on any atom is 0.120 e. The van der Waals surface area contributed by atoms with Crippen molar-refractivity contribution in [2.45, 2.75) is 26.7 Å². The van der Waals surface area contributed by atoms with Crippen molar-refractivity contribution in [3.05, 3.63) is 35.0 Å². The van der Waals surface area contributed by atoms with Gasteiger partial charge in [0.25, 0.3) is 0 Å². The summed E-state index contributed by atoms with van der Waals surface area (Å²) in [7, 11) is 1.61. The van der Waals surface area contributed by atoms with Crippen LogP contribution in [-0.2, 0) is 0 Å². The molecule has 0 unspecified atom stereocenters. The second-order valence-corrected chi connectivity index (χ2v) is 4.69. The normalized spacial score (nSPS) is 10.7. The SMILES string of the molecule is COc1cc(C#N)c2nc(C)cc(C(C)C)c2c1. The quantitative estimate of drug-likeness (QED) is 0.806. The van der Waals surface area contributed by atoms with E-state index in [2.05, 4.69) is 31.0 Å². The second kappa shape index (κ2) is 4.66. The molecule has 0 saturated carbocycles. The predicted octanol–water partition coefficient (Wildman–Crippen LogP) is 3.55. The summed E-state index contributed by atoms with van der Waals surface area (Å²) >= 11 is 0. The number of rotatable bonds is 2. The summed E-state index contributed by atoms with van der Waals surface area (Å²) in [6.45, 7) is 6.23. The fourth-order valence-electron chi connectivity index (χ4n) is 2.14. The highest BCUT2D eigenvalue weighted by Gasteiger charge is 2.12. The van der Waals surface area contributed by atoms with Crippen LogP contribution in [0, 0.1) is 18.3 Å². The molecule has 0 atom stereocenters. The standard InChI is InChI=1S/C15H16N2O/c1-9(2)13-5-10(3)17-15-11(8-16)6-12(18-4)7-14(13)15/h5-7,9H,1-4H3. The molecule has 0 spiro atoms. The highest BCUT2D eigenvalue weighted by atomic mass is 16.5. The Bertz CT molecular complexity index is 639. The van der Waals surface area contributed by atoms with Crippen molar-refractivity contribution in [3.63, 3.8) is 0 Å². The lowest BCUT2D eigenvalue weighted by molar-refractivity contribution is 0.415. The molecule has 3 nitrogen and oxygen atoms in total. The van der Waals surface area contributed by atoms with Crippen molar-refractivity contribution in [1.82, 2.24) is 4.98 Å². The fraction of sp³-hybridized carbons (Fsp3) is 0.333. The third-order valence-electron chi connectivity index (χ3n) is 3.03. The van der Waals surface area contributed by atoms with Gasteiger partial charge in [-0.15, -0.1) is 0 Å². The lowest BCUT2D eigenvalue weighted by Gasteiger charge is -2.13. The van der Waals surface area contributed by atoms with Gasteiger partial charge in [-0.3, -0.25) is 4.98 Å². The Balaban J connectivity index is 2.91. The van der Waals surface area contributed by atoms with E-state index >= 15 is 0 Å². The summed E-state index contributed by atoms with van der Waals surface area (Å²) in [5, 5.41) is 10.2. The highest BCUT2D eigenvalue weighted by Crippen LogP contribution is 2.30. The number of fused-ring (bicyclic) bond motifs is 1. The Morgan fingerprint density at radius 2 is 2.00 bits per heavy atom. The van der Waals surface area contributed by atoms with Crippen molar-refractivity contribution in [3.8, 4) is 11.8 Å². The Morgan fingerprint density at radius 3 is 2.56 bits per heavy atom. The van der Waals surface area contributed by atoms with Crippen molar-refractivity contribution in [1.29, 1.82) is 5.26 Å². The number of hydrogen-bond acceptors (Lipinski definition) is 3. The van der Waals surface area contributed by atoms with E-state index in [1.807, 2.05) is 13.0 Å². The van der Waals surface area contributed by atoms with E-state index in [0.29, 0.717) is 17.2 Å². The summed E-state index contributed by atoms with van der Waals surface area (Å²) in [5.41, 5.74) is 3.47. The number of ether oxygens (including phenoxy) is 1. The number of methoxy groups -OCH3 is 1. The molecule has 0 aliphatic heterocycles. The lowest BCUT2D eigenvalue weighted by Crippen LogP contribution is -1.97. The molecule has 0 N–H and O–H groups in total. The van der Waals surface area contributed by atoms with Crippen molar-refractivity contribution >= 4 is 10.9 Å². The van der Waals surface area contributed by atoms with E-state index in [4.69, 9.17) is 4.74 Å². The van der Waals surface area contributed by atoms with E-state index in [0.717, 1.165) is 16.6 Å². The van der Waals surface area contributed by atoms with Crippen LogP contribution in [0.2, 0.25) is 0 Å². The largest absolute Gasteiger partial charge is 0.497 e. The van der Waals surface area contributed by atoms with Gasteiger partial charge in [0.2, 0.25) is 0 Å². The smallest absolute Gasteiger partial charge is 0.120 e. The average Bonchev–Trinajstić information content (AvgIpc) is 2.36. The maximum absolute atomic E-state index is 9.23. The van der Waals surface area contributed by atoms with Crippen molar-refractivity contribution < 1.29 is 4.74 Å². The number of benzene rings is 1. The van der Waals surface area contributed by atoms with Gasteiger partial charge in [0.15, 0.2) is 0 Å². The van der Waals surface area contributed by atoms with Crippen LogP contribution in [0.4, 0.5) is 0 Å². The van der Waals surface area contributed by atoms with Gasteiger partial charge < -0.3 is 4.74 Å². The minimum absolute atomic E-state index is 0.382. The molecule has 0 bridgehead atoms. The first kappa shape index (κ1) is 12.4. The first-order chi connectivity index (χ1) is 8.56. The molecule has 92 valence electrons. The fourth-order valence-corrected chi connectivity index (χ4v) is 2.14. The Morgan fingerprint density at radius 1 is 1.28 bits per heavy atom. The molecule has 3 heteroatoms. The summed E-state index contributed by atoms with van der Waals surface area (Å²) in [6, 6.07) is 7.96. The summed E-state index contributed by atoms with van der Waals surface area (Å²) < 4.78 is 5.25. The molecule has 2 rings (SSSR count). The zero-order chi connectivity index (χ0) is 13.3. The lowest BCUT2D eigenvalue weighted by atomic mass is 9.96. The Labute approximate surface area is 107 Å². The molecule has 0 radical (unpaired) electrons. The number of nitrogens with zero attached hydrogens (tertiary/aromatic N) is 2. The van der Waals surface area contributed by atoms with Gasteiger partial charge in [0.05, 0.1) is 18.2 Å². The number of hydrogen-bond donors (Lipinski definition) is 0. The van der Waals surface area contributed by atoms with Crippen LogP contribution in [0.25, 0.3) is 10.9 Å². The van der Waals surface area contributed by atoms with E-state index in [-0.39, 0.29) is 0 Å². The van der Waals surface area contributed by atoms with Gasteiger partial charge in [-0.05, 0) is 30.5 Å². The first-order valence-corrected chi connectivity index (χ1v) is 5.96. The van der Waals surface area contributed by atoms with E-state index < -0.39 is 0 Å². The van der Waals surface area contributed by atoms with Crippen LogP contribution in [0.3, 0.4) is 0 Å². The van der Waals surface area contributed by atoms with Gasteiger partial charge in [-0.25, -0.2) is 0 Å². The molecule has 0 saturated heterocycles. The van der Waals surface area contributed by atoms with Gasteiger partial charge in [0.1, 0.15) is 11.8 Å². The van der Waals surface area contributed by atoms with Crippen LogP contribution in [-0.4, -0.2) is 12.1 Å². The maximum atomic E-state index is 9.23. The van der Waals surface area contributed by atoms with Crippen molar-refractivity contribution in [2.24, 2.45) is 0 Å². The summed E-state index contributed by atoms with van der Waals surface area (Å²) in [6.07, 6.45) is 0. The number of pyridine rings is 1. The predicted molar refractivity (Wildman–Crippen MR) is 71.8 cm³/mol. The molecular weight excluding hydrogens is 224 g/mol. The van der Waals surface area contributed by atoms with Crippen LogP contribution in [0.5, 0.6) is 5.75 Å². The molecule has 0 aliphatic rings. The number of aryl methyl sites for hydroxylation is 1. The van der Waals surface area contributed by atoms with Crippen LogP contribution < -0.4 is 4.74 Å². The number of aromatic nitrogens is 1. The van der Waals surface area contributed by atoms with Gasteiger partial charge >= 0.3 is 0 Å². The molecule has 1 aromatic carbocycles. The first-order valence-electron chi connectivity index (χ1n) is 5.96. The monoisotopic (exact) mass is 240 g/mol.